The van der Waals surface area contributed by atoms with E-state index < -0.39 is 0 Å². The van der Waals surface area contributed by atoms with Crippen LogP contribution >= 0.6 is 23.1 Å². The number of nitrogens with one attached hydrogen (secondary N) is 1. The Hall–Kier alpha value is -0.740. The molecular weight excluding hydrogens is 212 g/mol. The van der Waals surface area contributed by atoms with E-state index in [0.717, 1.165) is 16.4 Å². The lowest BCUT2D eigenvalue weighted by molar-refractivity contribution is 1.21. The Morgan fingerprint density at radius 2 is 2.36 bits per heavy atom. The third-order valence-electron chi connectivity index (χ3n) is 1.92. The molecule has 1 N–H and O–H groups in total. The number of hydrogen-bond acceptors (Lipinski definition) is 4. The number of hydrogen-bond donors (Lipinski definition) is 1. The van der Waals surface area contributed by atoms with Crippen molar-refractivity contribution >= 4 is 39.0 Å². The molecule has 74 valence electrons. The van der Waals surface area contributed by atoms with E-state index in [1.54, 1.807) is 23.1 Å². The van der Waals surface area contributed by atoms with Gasteiger partial charge in [0.05, 0.1) is 10.2 Å². The maximum Gasteiger partial charge on any atom is 0.150 e. The highest BCUT2D eigenvalue weighted by Crippen LogP contribution is 2.29. The van der Waals surface area contributed by atoms with Crippen LogP contribution in [0.3, 0.4) is 0 Å². The van der Waals surface area contributed by atoms with Gasteiger partial charge in [-0.2, -0.15) is 0 Å². The van der Waals surface area contributed by atoms with Gasteiger partial charge >= 0.3 is 0 Å². The van der Waals surface area contributed by atoms with E-state index in [0.29, 0.717) is 0 Å². The first kappa shape index (κ1) is 9.80. The van der Waals surface area contributed by atoms with Gasteiger partial charge in [0.2, 0.25) is 0 Å². The summed E-state index contributed by atoms with van der Waals surface area (Å²) in [5.74, 6) is 0. The maximum atomic E-state index is 4.49. The molecule has 1 heterocycles. The summed E-state index contributed by atoms with van der Waals surface area (Å²) in [6.07, 6.45) is 2.06. The Labute approximate surface area is 91.7 Å². The third kappa shape index (κ3) is 1.86. The van der Waals surface area contributed by atoms with Crippen LogP contribution in [0.15, 0.2) is 22.5 Å². The fraction of sp³-hybridized carbons (Fsp3) is 0.300. The van der Waals surface area contributed by atoms with E-state index in [9.17, 15) is 0 Å². The second kappa shape index (κ2) is 4.19. The zero-order valence-electron chi connectivity index (χ0n) is 8.20. The molecule has 0 bridgehead atoms. The lowest BCUT2D eigenvalue weighted by atomic mass is 10.3. The van der Waals surface area contributed by atoms with Crippen molar-refractivity contribution in [3.63, 3.8) is 0 Å². The van der Waals surface area contributed by atoms with Crippen LogP contribution in [0.25, 0.3) is 10.2 Å². The Morgan fingerprint density at radius 1 is 1.50 bits per heavy atom. The summed E-state index contributed by atoms with van der Waals surface area (Å²) >= 11 is 3.45. The highest BCUT2D eigenvalue weighted by molar-refractivity contribution is 8.00. The zero-order valence-corrected chi connectivity index (χ0v) is 9.84. The average molecular weight is 224 g/mol. The van der Waals surface area contributed by atoms with Gasteiger partial charge in [-0.25, -0.2) is 4.98 Å². The Balaban J connectivity index is 2.43. The van der Waals surface area contributed by atoms with Gasteiger partial charge in [0.1, 0.15) is 0 Å². The summed E-state index contributed by atoms with van der Waals surface area (Å²) in [6, 6.07) is 6.31. The maximum absolute atomic E-state index is 4.49. The molecule has 0 spiro atoms. The molecule has 0 aliphatic heterocycles. The number of thioether (sulfide) groups is 1. The fourth-order valence-electron chi connectivity index (χ4n) is 1.30. The van der Waals surface area contributed by atoms with E-state index in [1.807, 2.05) is 0 Å². The molecule has 2 nitrogen and oxygen atoms in total. The number of thiazole rings is 1. The molecule has 14 heavy (non-hydrogen) atoms. The topological polar surface area (TPSA) is 24.9 Å². The summed E-state index contributed by atoms with van der Waals surface area (Å²) in [6.45, 7) is 3.06. The second-order valence-corrected chi connectivity index (χ2v) is 4.98. The molecule has 0 atom stereocenters. The van der Waals surface area contributed by atoms with E-state index >= 15 is 0 Å². The van der Waals surface area contributed by atoms with Crippen molar-refractivity contribution in [2.24, 2.45) is 0 Å². The van der Waals surface area contributed by atoms with Crippen LogP contribution < -0.4 is 5.32 Å². The summed E-state index contributed by atoms with van der Waals surface area (Å²) in [5, 5.41) is 3.30. The molecule has 0 aliphatic carbocycles. The Kier molecular flexibility index (Phi) is 2.93. The predicted octanol–water partition coefficient (Wildman–Crippen LogP) is 3.45. The molecule has 0 saturated heterocycles. The average Bonchev–Trinajstić information content (AvgIpc) is 2.60. The quantitative estimate of drug-likeness (QED) is 0.808. The number of anilines is 1. The summed E-state index contributed by atoms with van der Waals surface area (Å²) in [7, 11) is 0. The molecule has 0 amide bonds. The summed E-state index contributed by atoms with van der Waals surface area (Å²) in [5.41, 5.74) is 2.28. The molecule has 0 fully saturated rings. The highest BCUT2D eigenvalue weighted by Gasteiger charge is 2.02. The number of fused-ring (bicyclic) bond motifs is 1. The first-order valence-electron chi connectivity index (χ1n) is 4.52. The van der Waals surface area contributed by atoms with Crippen LogP contribution in [0, 0.1) is 0 Å². The minimum Gasteiger partial charge on any atom is -0.385 e. The largest absolute Gasteiger partial charge is 0.385 e. The molecule has 2 rings (SSSR count). The zero-order chi connectivity index (χ0) is 9.97. The van der Waals surface area contributed by atoms with Crippen LogP contribution in [0.4, 0.5) is 5.69 Å². The molecule has 0 unspecified atom stereocenters. The predicted molar refractivity (Wildman–Crippen MR) is 65.6 cm³/mol. The number of rotatable bonds is 3. The smallest absolute Gasteiger partial charge is 0.150 e. The molecule has 1 aromatic heterocycles. The van der Waals surface area contributed by atoms with E-state index in [1.165, 1.54) is 10.4 Å². The summed E-state index contributed by atoms with van der Waals surface area (Å²) < 4.78 is 2.39. The highest BCUT2D eigenvalue weighted by atomic mass is 32.2. The second-order valence-electron chi connectivity index (χ2n) is 2.90. The van der Waals surface area contributed by atoms with Crippen LogP contribution in [0.1, 0.15) is 6.92 Å². The molecule has 0 saturated carbocycles. The van der Waals surface area contributed by atoms with Crippen LogP contribution in [-0.4, -0.2) is 17.8 Å². The Morgan fingerprint density at radius 3 is 3.07 bits per heavy atom. The van der Waals surface area contributed by atoms with Gasteiger partial charge in [0.25, 0.3) is 0 Å². The van der Waals surface area contributed by atoms with Crippen molar-refractivity contribution in [2.75, 3.05) is 18.1 Å². The lowest BCUT2D eigenvalue weighted by Crippen LogP contribution is -1.95. The molecule has 2 aromatic rings. The minimum absolute atomic E-state index is 0.958. The van der Waals surface area contributed by atoms with Crippen molar-refractivity contribution < 1.29 is 0 Å². The van der Waals surface area contributed by atoms with Gasteiger partial charge in [-0.15, -0.1) is 11.3 Å². The van der Waals surface area contributed by atoms with Crippen molar-refractivity contribution in [1.29, 1.82) is 0 Å². The van der Waals surface area contributed by atoms with Gasteiger partial charge in [0, 0.05) is 12.2 Å². The third-order valence-corrected chi connectivity index (χ3v) is 3.93. The van der Waals surface area contributed by atoms with Gasteiger partial charge in [0.15, 0.2) is 4.34 Å². The van der Waals surface area contributed by atoms with Crippen LogP contribution in [0.2, 0.25) is 0 Å². The van der Waals surface area contributed by atoms with Gasteiger partial charge in [-0.3, -0.25) is 0 Å². The van der Waals surface area contributed by atoms with E-state index in [4.69, 9.17) is 0 Å². The molecule has 0 aliphatic rings. The minimum atomic E-state index is 0.958. The Bertz CT molecular complexity index is 437. The number of nitrogens with zero attached hydrogens (tertiary/aromatic N) is 1. The van der Waals surface area contributed by atoms with Gasteiger partial charge in [-0.05, 0) is 31.4 Å². The fourth-order valence-corrected chi connectivity index (χ4v) is 2.83. The van der Waals surface area contributed by atoms with E-state index in [-0.39, 0.29) is 0 Å². The lowest BCUT2D eigenvalue weighted by Gasteiger charge is -2.00. The molecular formula is C10H12N2S2. The van der Waals surface area contributed by atoms with E-state index in [2.05, 4.69) is 41.7 Å². The number of aromatic nitrogens is 1. The molecule has 1 aromatic carbocycles. The molecule has 4 heteroatoms. The van der Waals surface area contributed by atoms with Crippen molar-refractivity contribution in [3.8, 4) is 0 Å². The van der Waals surface area contributed by atoms with Crippen molar-refractivity contribution in [1.82, 2.24) is 4.98 Å². The van der Waals surface area contributed by atoms with Crippen molar-refractivity contribution in [2.45, 2.75) is 11.3 Å². The van der Waals surface area contributed by atoms with Gasteiger partial charge < -0.3 is 5.32 Å². The first-order valence-corrected chi connectivity index (χ1v) is 6.56. The summed E-state index contributed by atoms with van der Waals surface area (Å²) in [4.78, 5) is 4.49. The van der Waals surface area contributed by atoms with Crippen LogP contribution in [-0.2, 0) is 0 Å². The SMILES string of the molecule is CCNc1ccc2nc(SC)sc2c1. The normalized spacial score (nSPS) is 10.7. The number of benzene rings is 1. The first-order chi connectivity index (χ1) is 6.83. The monoisotopic (exact) mass is 224 g/mol. The standard InChI is InChI=1S/C10H12N2S2/c1-3-11-7-4-5-8-9(6-7)14-10(12-8)13-2/h4-6,11H,3H2,1-2H3. The van der Waals surface area contributed by atoms with Gasteiger partial charge in [-0.1, -0.05) is 11.8 Å². The molecule has 0 radical (unpaired) electrons. The van der Waals surface area contributed by atoms with Crippen molar-refractivity contribution in [3.05, 3.63) is 18.2 Å². The van der Waals surface area contributed by atoms with Crippen LogP contribution in [0.5, 0.6) is 0 Å².